The fourth-order valence-electron chi connectivity index (χ4n) is 2.73. The molecule has 3 rings (SSSR count). The second-order valence-electron chi connectivity index (χ2n) is 7.19. The standard InChI is InChI=1S/C22H26N6O/c1-15-13-20(28(4)5)26-22(23-15)25-18-11-9-17(10-12-18)24-21(29)16-7-6-8-19(14-16)27(2)3/h6-14H,1-5H3,(H,24,29)(H,23,25,26). The normalized spacial score (nSPS) is 10.4. The minimum atomic E-state index is -0.146. The number of amides is 1. The summed E-state index contributed by atoms with van der Waals surface area (Å²) < 4.78 is 0. The van der Waals surface area contributed by atoms with Gasteiger partial charge in [0.2, 0.25) is 5.95 Å². The molecule has 7 nitrogen and oxygen atoms in total. The van der Waals surface area contributed by atoms with E-state index in [9.17, 15) is 4.79 Å². The molecule has 3 aromatic rings. The molecule has 7 heteroatoms. The van der Waals surface area contributed by atoms with Gasteiger partial charge >= 0.3 is 0 Å². The number of aryl methyl sites for hydroxylation is 1. The van der Waals surface area contributed by atoms with Crippen molar-refractivity contribution in [3.8, 4) is 0 Å². The van der Waals surface area contributed by atoms with E-state index in [1.807, 2.05) is 93.4 Å². The first-order valence-electron chi connectivity index (χ1n) is 9.30. The minimum absolute atomic E-state index is 0.146. The first kappa shape index (κ1) is 20.1. The van der Waals surface area contributed by atoms with Gasteiger partial charge in [-0.1, -0.05) is 6.07 Å². The third kappa shape index (κ3) is 5.22. The number of anilines is 5. The summed E-state index contributed by atoms with van der Waals surface area (Å²) in [5, 5.41) is 6.13. The molecule has 0 aliphatic rings. The molecular formula is C22H26N6O. The van der Waals surface area contributed by atoms with E-state index < -0.39 is 0 Å². The van der Waals surface area contributed by atoms with Crippen molar-refractivity contribution in [3.05, 3.63) is 65.9 Å². The molecule has 1 heterocycles. The second kappa shape index (κ2) is 8.60. The van der Waals surface area contributed by atoms with Crippen LogP contribution in [0.5, 0.6) is 0 Å². The fraction of sp³-hybridized carbons (Fsp3) is 0.227. The van der Waals surface area contributed by atoms with Gasteiger partial charge in [0, 0.05) is 62.6 Å². The van der Waals surface area contributed by atoms with Gasteiger partial charge in [-0.3, -0.25) is 4.79 Å². The van der Waals surface area contributed by atoms with Gasteiger partial charge in [-0.25, -0.2) is 4.98 Å². The van der Waals surface area contributed by atoms with Gasteiger partial charge in [-0.15, -0.1) is 0 Å². The SMILES string of the molecule is Cc1cc(N(C)C)nc(Nc2ccc(NC(=O)c3cccc(N(C)C)c3)cc2)n1. The highest BCUT2D eigenvalue weighted by Crippen LogP contribution is 2.20. The summed E-state index contributed by atoms with van der Waals surface area (Å²) >= 11 is 0. The number of rotatable bonds is 6. The van der Waals surface area contributed by atoms with Crippen LogP contribution in [0, 0.1) is 6.92 Å². The van der Waals surface area contributed by atoms with Crippen LogP contribution in [-0.4, -0.2) is 44.1 Å². The van der Waals surface area contributed by atoms with Crippen LogP contribution in [0.4, 0.5) is 28.8 Å². The molecule has 2 N–H and O–H groups in total. The Balaban J connectivity index is 1.69. The molecule has 150 valence electrons. The van der Waals surface area contributed by atoms with Gasteiger partial charge in [0.1, 0.15) is 5.82 Å². The predicted octanol–water partition coefficient (Wildman–Crippen LogP) is 3.91. The van der Waals surface area contributed by atoms with Crippen LogP contribution in [-0.2, 0) is 0 Å². The van der Waals surface area contributed by atoms with Crippen molar-refractivity contribution in [2.75, 3.05) is 48.6 Å². The van der Waals surface area contributed by atoms with Gasteiger partial charge in [0.25, 0.3) is 5.91 Å². The van der Waals surface area contributed by atoms with Crippen LogP contribution >= 0.6 is 0 Å². The van der Waals surface area contributed by atoms with E-state index >= 15 is 0 Å². The molecule has 0 atom stereocenters. The summed E-state index contributed by atoms with van der Waals surface area (Å²) in [7, 11) is 7.78. The molecule has 1 amide bonds. The molecule has 0 spiro atoms. The molecule has 0 aliphatic carbocycles. The van der Waals surface area contributed by atoms with E-state index in [4.69, 9.17) is 0 Å². The molecule has 1 aromatic heterocycles. The lowest BCUT2D eigenvalue weighted by molar-refractivity contribution is 0.102. The monoisotopic (exact) mass is 390 g/mol. The lowest BCUT2D eigenvalue weighted by Crippen LogP contribution is -2.14. The Bertz CT molecular complexity index is 998. The van der Waals surface area contributed by atoms with E-state index in [0.29, 0.717) is 11.5 Å². The molecule has 0 bridgehead atoms. The zero-order valence-corrected chi connectivity index (χ0v) is 17.4. The van der Waals surface area contributed by atoms with Crippen LogP contribution < -0.4 is 20.4 Å². The highest BCUT2D eigenvalue weighted by atomic mass is 16.1. The topological polar surface area (TPSA) is 73.4 Å². The van der Waals surface area contributed by atoms with E-state index in [1.165, 1.54) is 0 Å². The van der Waals surface area contributed by atoms with E-state index in [-0.39, 0.29) is 5.91 Å². The maximum absolute atomic E-state index is 12.5. The van der Waals surface area contributed by atoms with Crippen LogP contribution in [0.25, 0.3) is 0 Å². The number of carbonyl (C=O) groups excluding carboxylic acids is 1. The quantitative estimate of drug-likeness (QED) is 0.665. The molecule has 0 fully saturated rings. The minimum Gasteiger partial charge on any atom is -0.378 e. The Labute approximate surface area is 171 Å². The van der Waals surface area contributed by atoms with Crippen LogP contribution in [0.2, 0.25) is 0 Å². The summed E-state index contributed by atoms with van der Waals surface area (Å²) in [4.78, 5) is 25.3. The lowest BCUT2D eigenvalue weighted by atomic mass is 10.1. The zero-order valence-electron chi connectivity index (χ0n) is 17.4. The van der Waals surface area contributed by atoms with Gasteiger partial charge < -0.3 is 20.4 Å². The van der Waals surface area contributed by atoms with Crippen LogP contribution in [0.3, 0.4) is 0 Å². The Morgan fingerprint density at radius 2 is 1.55 bits per heavy atom. The smallest absolute Gasteiger partial charge is 0.255 e. The molecule has 2 aromatic carbocycles. The maximum atomic E-state index is 12.5. The van der Waals surface area contributed by atoms with Gasteiger partial charge in [-0.05, 0) is 49.4 Å². The van der Waals surface area contributed by atoms with E-state index in [0.717, 1.165) is 28.6 Å². The molecule has 29 heavy (non-hydrogen) atoms. The first-order chi connectivity index (χ1) is 13.8. The lowest BCUT2D eigenvalue weighted by Gasteiger charge is -2.14. The van der Waals surface area contributed by atoms with Crippen molar-refractivity contribution in [2.24, 2.45) is 0 Å². The number of nitrogens with one attached hydrogen (secondary N) is 2. The zero-order chi connectivity index (χ0) is 21.0. The summed E-state index contributed by atoms with van der Waals surface area (Å²) in [5.74, 6) is 1.22. The molecule has 0 saturated carbocycles. The fourth-order valence-corrected chi connectivity index (χ4v) is 2.73. The molecule has 0 aliphatic heterocycles. The maximum Gasteiger partial charge on any atom is 0.255 e. The van der Waals surface area contributed by atoms with Gasteiger partial charge in [0.15, 0.2) is 0 Å². The van der Waals surface area contributed by atoms with Crippen LogP contribution in [0.1, 0.15) is 16.1 Å². The Morgan fingerprint density at radius 1 is 0.862 bits per heavy atom. The van der Waals surface area contributed by atoms with Gasteiger partial charge in [-0.2, -0.15) is 4.98 Å². The third-order valence-corrected chi connectivity index (χ3v) is 4.32. The Morgan fingerprint density at radius 3 is 2.21 bits per heavy atom. The van der Waals surface area contributed by atoms with Crippen molar-refractivity contribution >= 4 is 34.7 Å². The highest BCUT2D eigenvalue weighted by molar-refractivity contribution is 6.04. The average Bonchev–Trinajstić information content (AvgIpc) is 2.69. The first-order valence-corrected chi connectivity index (χ1v) is 9.30. The van der Waals surface area contributed by atoms with Gasteiger partial charge in [0.05, 0.1) is 0 Å². The van der Waals surface area contributed by atoms with Crippen molar-refractivity contribution in [3.63, 3.8) is 0 Å². The van der Waals surface area contributed by atoms with E-state index in [2.05, 4.69) is 20.6 Å². The number of hydrogen-bond donors (Lipinski definition) is 2. The predicted molar refractivity (Wildman–Crippen MR) is 120 cm³/mol. The van der Waals surface area contributed by atoms with E-state index in [1.54, 1.807) is 6.07 Å². The molecule has 0 unspecified atom stereocenters. The van der Waals surface area contributed by atoms with Crippen molar-refractivity contribution in [1.82, 2.24) is 9.97 Å². The average molecular weight is 390 g/mol. The number of benzene rings is 2. The number of carbonyl (C=O) groups is 1. The Hall–Kier alpha value is -3.61. The summed E-state index contributed by atoms with van der Waals surface area (Å²) in [5.41, 5.74) is 4.04. The largest absolute Gasteiger partial charge is 0.378 e. The van der Waals surface area contributed by atoms with Crippen molar-refractivity contribution in [1.29, 1.82) is 0 Å². The molecule has 0 saturated heterocycles. The van der Waals surface area contributed by atoms with Crippen molar-refractivity contribution in [2.45, 2.75) is 6.92 Å². The van der Waals surface area contributed by atoms with Crippen molar-refractivity contribution < 1.29 is 4.79 Å². The highest BCUT2D eigenvalue weighted by Gasteiger charge is 2.08. The summed E-state index contributed by atoms with van der Waals surface area (Å²) in [6.45, 7) is 1.93. The second-order valence-corrected chi connectivity index (χ2v) is 7.19. The number of hydrogen-bond acceptors (Lipinski definition) is 6. The summed E-state index contributed by atoms with van der Waals surface area (Å²) in [6.07, 6.45) is 0. The summed E-state index contributed by atoms with van der Waals surface area (Å²) in [6, 6.07) is 16.9. The molecule has 0 radical (unpaired) electrons. The number of nitrogens with zero attached hydrogens (tertiary/aromatic N) is 4. The molecular weight excluding hydrogens is 364 g/mol. The third-order valence-electron chi connectivity index (χ3n) is 4.32. The number of aromatic nitrogens is 2. The van der Waals surface area contributed by atoms with Crippen LogP contribution in [0.15, 0.2) is 54.6 Å². The Kier molecular flexibility index (Phi) is 5.97.